The average Bonchev–Trinajstić information content (AvgIpc) is 3.56. The maximum Gasteiger partial charge on any atom is 0.417 e. The maximum atomic E-state index is 16.7. The summed E-state index contributed by atoms with van der Waals surface area (Å²) in [7, 11) is 0. The zero-order chi connectivity index (χ0) is 35.0. The van der Waals surface area contributed by atoms with Gasteiger partial charge in [-0.1, -0.05) is 0 Å². The van der Waals surface area contributed by atoms with E-state index in [9.17, 15) is 26.3 Å². The smallest absolute Gasteiger partial charge is 0.417 e. The lowest BCUT2D eigenvalue weighted by Crippen LogP contribution is -2.42. The number of nitrogens with two attached hydrogens (primary N) is 1. The van der Waals surface area contributed by atoms with Gasteiger partial charge < -0.3 is 30.6 Å². The van der Waals surface area contributed by atoms with Crippen LogP contribution in [0.3, 0.4) is 0 Å². The van der Waals surface area contributed by atoms with Crippen molar-refractivity contribution in [3.63, 3.8) is 0 Å². The van der Waals surface area contributed by atoms with Crippen LogP contribution in [0.25, 0.3) is 11.3 Å². The molecular weight excluding hydrogens is 651 g/mol. The second-order valence-electron chi connectivity index (χ2n) is 12.5. The number of fused-ring (bicyclic) bond motifs is 1. The summed E-state index contributed by atoms with van der Waals surface area (Å²) in [5.41, 5.74) is -1.39. The largest absolute Gasteiger partial charge is 0.473 e. The van der Waals surface area contributed by atoms with Gasteiger partial charge in [0.1, 0.15) is 29.5 Å². The third-order valence-corrected chi connectivity index (χ3v) is 8.75. The first-order valence-corrected chi connectivity index (χ1v) is 15.5. The van der Waals surface area contributed by atoms with Crippen LogP contribution in [0.1, 0.15) is 37.8 Å². The molecule has 1 saturated carbocycles. The molecule has 0 bridgehead atoms. The second-order valence-corrected chi connectivity index (χ2v) is 12.5. The Morgan fingerprint density at radius 2 is 1.90 bits per heavy atom. The molecule has 0 amide bonds. The fourth-order valence-corrected chi connectivity index (χ4v) is 5.89. The van der Waals surface area contributed by atoms with Gasteiger partial charge in [0.25, 0.3) is 5.92 Å². The lowest BCUT2D eigenvalue weighted by molar-refractivity contribution is -0.137. The number of amidine groups is 1. The summed E-state index contributed by atoms with van der Waals surface area (Å²) in [5, 5.41) is 6.25. The summed E-state index contributed by atoms with van der Waals surface area (Å²) in [5.74, 6) is -6.05. The highest BCUT2D eigenvalue weighted by molar-refractivity contribution is 5.87. The first kappa shape index (κ1) is 35.6. The van der Waals surface area contributed by atoms with E-state index in [4.69, 9.17) is 19.9 Å². The summed E-state index contributed by atoms with van der Waals surface area (Å²) in [6.45, 7) is 9.67. The van der Waals surface area contributed by atoms with E-state index in [1.165, 1.54) is 0 Å². The molecule has 0 radical (unpaired) electrons. The number of halogens is 7. The van der Waals surface area contributed by atoms with Gasteiger partial charge in [-0.25, -0.2) is 27.5 Å². The molecule has 3 atom stereocenters. The molecule has 2 aromatic rings. The zero-order valence-electron chi connectivity index (χ0n) is 26.7. The summed E-state index contributed by atoms with van der Waals surface area (Å²) in [4.78, 5) is 13.8. The second kappa shape index (κ2) is 13.7. The van der Waals surface area contributed by atoms with Gasteiger partial charge in [0.2, 0.25) is 5.88 Å². The minimum atomic E-state index is -5.14. The molecule has 4 N–H and O–H groups in total. The Labute approximate surface area is 272 Å². The van der Waals surface area contributed by atoms with E-state index >= 15 is 4.39 Å². The number of nitrogens with one attached hydrogen (secondary N) is 2. The summed E-state index contributed by atoms with van der Waals surface area (Å²) < 4.78 is 121. The number of nitrogens with zero attached hydrogens (tertiary/aromatic N) is 4. The molecule has 1 unspecified atom stereocenters. The number of hydrogen-bond donors (Lipinski definition) is 3. The Morgan fingerprint density at radius 1 is 1.21 bits per heavy atom. The zero-order valence-corrected chi connectivity index (χ0v) is 26.7. The molecule has 10 nitrogen and oxygen atoms in total. The molecule has 0 spiro atoms. The number of aliphatic imine (C=N–C) groups is 2. The van der Waals surface area contributed by atoms with Gasteiger partial charge in [0.15, 0.2) is 5.82 Å². The Hall–Kier alpha value is -3.70. The van der Waals surface area contributed by atoms with Crippen molar-refractivity contribution in [2.75, 3.05) is 63.6 Å². The van der Waals surface area contributed by atoms with Crippen LogP contribution in [0.2, 0.25) is 0 Å². The Morgan fingerprint density at radius 3 is 2.52 bits per heavy atom. The fraction of sp³-hybridized carbons (Fsp3) is 0.581. The Kier molecular flexibility index (Phi) is 10.1. The van der Waals surface area contributed by atoms with Crippen LogP contribution >= 0.6 is 0 Å². The normalized spacial score (nSPS) is 25.0. The topological polar surface area (TPSA) is 119 Å². The fourth-order valence-electron chi connectivity index (χ4n) is 5.89. The van der Waals surface area contributed by atoms with Gasteiger partial charge in [-0.05, 0) is 52.1 Å². The minimum Gasteiger partial charge on any atom is -0.473 e. The quantitative estimate of drug-likeness (QED) is 0.156. The maximum absolute atomic E-state index is 16.7. The van der Waals surface area contributed by atoms with Crippen LogP contribution in [-0.4, -0.2) is 93.2 Å². The van der Waals surface area contributed by atoms with Crippen molar-refractivity contribution in [2.45, 2.75) is 57.9 Å². The number of benzene rings is 1. The lowest BCUT2D eigenvalue weighted by Gasteiger charge is -2.30. The van der Waals surface area contributed by atoms with Crippen molar-refractivity contribution in [1.29, 1.82) is 0 Å². The minimum absolute atomic E-state index is 0.000673. The summed E-state index contributed by atoms with van der Waals surface area (Å²) >= 11 is 0. The number of anilines is 2. The van der Waals surface area contributed by atoms with Crippen molar-refractivity contribution in [1.82, 2.24) is 15.2 Å². The molecule has 264 valence electrons. The van der Waals surface area contributed by atoms with Crippen molar-refractivity contribution in [3.05, 3.63) is 28.8 Å². The SMILES string of the molecule is C=NC(=Nc1c(F)c(-c2cc(N)c(F)c(C)c2C(F)(F)F)nc2c1NCC(C)NCC[C@H](C)O2)OC[C@@]1(CN2CCOCC2)CC1(F)F. The molecule has 48 heavy (non-hydrogen) atoms. The highest BCUT2D eigenvalue weighted by Gasteiger charge is 2.72. The molecule has 1 aromatic carbocycles. The van der Waals surface area contributed by atoms with Crippen LogP contribution in [0.15, 0.2) is 16.1 Å². The molecule has 2 fully saturated rings. The van der Waals surface area contributed by atoms with E-state index in [0.717, 1.165) is 6.92 Å². The van der Waals surface area contributed by atoms with E-state index < -0.39 is 88.1 Å². The van der Waals surface area contributed by atoms with Crippen molar-refractivity contribution in [3.8, 4) is 17.1 Å². The van der Waals surface area contributed by atoms with Gasteiger partial charge in [-0.2, -0.15) is 18.2 Å². The number of morpholine rings is 1. The van der Waals surface area contributed by atoms with Crippen molar-refractivity contribution < 1.29 is 44.9 Å². The summed E-state index contributed by atoms with van der Waals surface area (Å²) in [6, 6.07) is -0.126. The number of pyridine rings is 1. The first-order valence-electron chi connectivity index (χ1n) is 15.5. The van der Waals surface area contributed by atoms with E-state index in [1.807, 2.05) is 11.8 Å². The average molecular weight is 690 g/mol. The number of nitrogen functional groups attached to an aromatic ring is 1. The third kappa shape index (κ3) is 7.32. The van der Waals surface area contributed by atoms with E-state index in [2.05, 4.69) is 32.3 Å². The van der Waals surface area contributed by atoms with Crippen LogP contribution in [0.5, 0.6) is 5.88 Å². The van der Waals surface area contributed by atoms with Crippen LogP contribution < -0.4 is 21.1 Å². The monoisotopic (exact) mass is 689 g/mol. The number of rotatable bonds is 6. The Balaban J connectivity index is 1.63. The summed E-state index contributed by atoms with van der Waals surface area (Å²) in [6.07, 6.45) is -5.71. The predicted octanol–water partition coefficient (Wildman–Crippen LogP) is 5.56. The van der Waals surface area contributed by atoms with Gasteiger partial charge in [-0.15, -0.1) is 0 Å². The molecule has 3 heterocycles. The molecule has 1 saturated heterocycles. The van der Waals surface area contributed by atoms with Crippen LogP contribution in [0.4, 0.5) is 47.8 Å². The standard InChI is InChI=1S/C31H38F7N7O3/c1-16-12-42-26-25(44-28(40-4)47-15-29(13-30(29,34)35)14-45-7-9-46-10-8-45)23(33)24(43-27(26)48-17(2)5-6-41-16)19-11-20(39)22(32)18(3)21(19)31(36,37)38/h11,16-17,41-42H,4-10,12-15,39H2,1-3H3/t16?,17-,29-/m0/s1. The van der Waals surface area contributed by atoms with Crippen molar-refractivity contribution in [2.24, 2.45) is 15.4 Å². The molecular formula is C31H38F7N7O3. The van der Waals surface area contributed by atoms with Crippen LogP contribution in [-0.2, 0) is 15.7 Å². The van der Waals surface area contributed by atoms with Crippen LogP contribution in [0, 0.1) is 24.0 Å². The first-order chi connectivity index (χ1) is 22.6. The van der Waals surface area contributed by atoms with Crippen molar-refractivity contribution >= 4 is 29.8 Å². The van der Waals surface area contributed by atoms with E-state index in [0.29, 0.717) is 45.3 Å². The number of alkyl halides is 5. The lowest BCUT2D eigenvalue weighted by atomic mass is 9.96. The number of hydrogen-bond acceptors (Lipinski definition) is 9. The molecule has 5 rings (SSSR count). The molecule has 1 aromatic heterocycles. The molecule has 3 aliphatic rings. The predicted molar refractivity (Wildman–Crippen MR) is 166 cm³/mol. The molecule has 17 heteroatoms. The van der Waals surface area contributed by atoms with Gasteiger partial charge in [0.05, 0.1) is 36.0 Å². The van der Waals surface area contributed by atoms with Gasteiger partial charge in [0, 0.05) is 44.2 Å². The highest BCUT2D eigenvalue weighted by atomic mass is 19.4. The van der Waals surface area contributed by atoms with E-state index in [1.54, 1.807) is 6.92 Å². The number of ether oxygens (including phenoxy) is 3. The van der Waals surface area contributed by atoms with E-state index in [-0.39, 0.29) is 30.7 Å². The van der Waals surface area contributed by atoms with Gasteiger partial charge in [-0.3, -0.25) is 4.90 Å². The van der Waals surface area contributed by atoms with Gasteiger partial charge >= 0.3 is 12.2 Å². The molecule has 1 aliphatic carbocycles. The number of aromatic nitrogens is 1. The highest BCUT2D eigenvalue weighted by Crippen LogP contribution is 2.61. The molecule has 2 aliphatic heterocycles. The third-order valence-electron chi connectivity index (χ3n) is 8.75. The Bertz CT molecular complexity index is 1570.